The summed E-state index contributed by atoms with van der Waals surface area (Å²) in [6.45, 7) is 5.41. The summed E-state index contributed by atoms with van der Waals surface area (Å²) in [5, 5.41) is 4.49. The minimum Gasteiger partial charge on any atom is -0.328 e. The molecule has 110 valence electrons. The van der Waals surface area contributed by atoms with Crippen LogP contribution in [-0.2, 0) is 19.5 Å². The van der Waals surface area contributed by atoms with Crippen molar-refractivity contribution in [2.24, 2.45) is 0 Å². The van der Waals surface area contributed by atoms with Gasteiger partial charge in [-0.1, -0.05) is 18.2 Å². The van der Waals surface area contributed by atoms with E-state index < -0.39 is 0 Å². The van der Waals surface area contributed by atoms with Gasteiger partial charge >= 0.3 is 0 Å². The van der Waals surface area contributed by atoms with Gasteiger partial charge in [-0.15, -0.1) is 0 Å². The number of benzene rings is 1. The van der Waals surface area contributed by atoms with E-state index in [1.165, 1.54) is 6.07 Å². The van der Waals surface area contributed by atoms with Crippen molar-refractivity contribution in [3.63, 3.8) is 0 Å². The Morgan fingerprint density at radius 1 is 1.33 bits per heavy atom. The lowest BCUT2D eigenvalue weighted by molar-refractivity contribution is 0.586. The molecule has 3 aromatic rings. The maximum atomic E-state index is 13.7. The lowest BCUT2D eigenvalue weighted by Crippen LogP contribution is -2.07. The van der Waals surface area contributed by atoms with Crippen LogP contribution in [0.5, 0.6) is 0 Å². The molecule has 21 heavy (non-hydrogen) atoms. The van der Waals surface area contributed by atoms with E-state index in [2.05, 4.69) is 10.1 Å². The topological polar surface area (TPSA) is 38.5 Å². The van der Waals surface area contributed by atoms with Gasteiger partial charge in [-0.25, -0.2) is 9.07 Å². The lowest BCUT2D eigenvalue weighted by Gasteiger charge is -2.07. The Morgan fingerprint density at radius 2 is 2.10 bits per heavy atom. The number of halogens is 1. The molecule has 0 fully saturated rings. The summed E-state index contributed by atoms with van der Waals surface area (Å²) in [7, 11) is 0. The summed E-state index contributed by atoms with van der Waals surface area (Å²) >= 11 is 5.39. The number of nitrogens with one attached hydrogen (secondary N) is 1. The molecule has 1 N–H and O–H groups in total. The molecule has 2 aromatic heterocycles. The molecular weight excluding hydrogens is 287 g/mol. The Kier molecular flexibility index (Phi) is 3.63. The first kappa shape index (κ1) is 14.0. The highest BCUT2D eigenvalue weighted by molar-refractivity contribution is 7.71. The van der Waals surface area contributed by atoms with E-state index in [-0.39, 0.29) is 5.82 Å². The van der Waals surface area contributed by atoms with Crippen LogP contribution in [0.2, 0.25) is 0 Å². The summed E-state index contributed by atoms with van der Waals surface area (Å²) in [6, 6.07) is 6.85. The molecule has 4 nitrogen and oxygen atoms in total. The van der Waals surface area contributed by atoms with Gasteiger partial charge in [0.1, 0.15) is 11.3 Å². The fourth-order valence-electron chi connectivity index (χ4n) is 2.62. The van der Waals surface area contributed by atoms with Gasteiger partial charge in [-0.2, -0.15) is 5.10 Å². The van der Waals surface area contributed by atoms with Gasteiger partial charge in [0, 0.05) is 13.1 Å². The second kappa shape index (κ2) is 5.44. The molecule has 0 saturated carbocycles. The van der Waals surface area contributed by atoms with E-state index in [1.54, 1.807) is 6.07 Å². The number of nitrogens with zero attached hydrogens (tertiary/aromatic N) is 3. The molecule has 0 aliphatic rings. The number of aromatic amines is 1. The molecule has 0 unspecified atom stereocenters. The minimum atomic E-state index is -0.170. The number of hydrogen-bond acceptors (Lipinski definition) is 2. The smallest absolute Gasteiger partial charge is 0.179 e. The number of rotatable bonds is 4. The van der Waals surface area contributed by atoms with E-state index in [0.29, 0.717) is 23.3 Å². The van der Waals surface area contributed by atoms with Crippen LogP contribution in [0, 0.1) is 17.5 Å². The number of H-pyrrole nitrogens is 1. The molecular formula is C15H17FN4S. The normalized spacial score (nSPS) is 11.4. The zero-order valence-electron chi connectivity index (χ0n) is 12.1. The molecule has 0 spiro atoms. The third-order valence-electron chi connectivity index (χ3n) is 3.70. The molecule has 0 bridgehead atoms. The third-order valence-corrected chi connectivity index (χ3v) is 4.02. The van der Waals surface area contributed by atoms with Crippen LogP contribution >= 0.6 is 12.2 Å². The lowest BCUT2D eigenvalue weighted by atomic mass is 10.1. The average molecular weight is 304 g/mol. The monoisotopic (exact) mass is 304 g/mol. The Bertz CT molecular complexity index is 843. The van der Waals surface area contributed by atoms with E-state index >= 15 is 0 Å². The molecule has 1 aromatic carbocycles. The van der Waals surface area contributed by atoms with Crippen molar-refractivity contribution in [1.82, 2.24) is 19.3 Å². The van der Waals surface area contributed by atoms with Crippen LogP contribution in [0.15, 0.2) is 24.3 Å². The highest BCUT2D eigenvalue weighted by Gasteiger charge is 2.14. The Hall–Kier alpha value is -1.95. The highest BCUT2D eigenvalue weighted by Crippen LogP contribution is 2.19. The molecule has 0 radical (unpaired) electrons. The molecule has 2 heterocycles. The fourth-order valence-corrected chi connectivity index (χ4v) is 2.90. The first-order valence-corrected chi connectivity index (χ1v) is 7.42. The summed E-state index contributed by atoms with van der Waals surface area (Å²) in [5.41, 5.74) is 3.59. The van der Waals surface area contributed by atoms with Gasteiger partial charge in [0.05, 0.1) is 5.69 Å². The molecule has 3 rings (SSSR count). The van der Waals surface area contributed by atoms with Crippen molar-refractivity contribution in [1.29, 1.82) is 0 Å². The number of imidazole rings is 1. The third kappa shape index (κ3) is 2.40. The number of aryl methyl sites for hydroxylation is 4. The van der Waals surface area contributed by atoms with Gasteiger partial charge in [0.2, 0.25) is 0 Å². The van der Waals surface area contributed by atoms with Crippen LogP contribution in [0.25, 0.3) is 11.2 Å². The van der Waals surface area contributed by atoms with Crippen molar-refractivity contribution in [3.8, 4) is 0 Å². The predicted molar refractivity (Wildman–Crippen MR) is 83.4 cm³/mol. The molecule has 0 amide bonds. The van der Waals surface area contributed by atoms with Crippen molar-refractivity contribution in [3.05, 3.63) is 46.1 Å². The van der Waals surface area contributed by atoms with E-state index in [0.717, 1.165) is 23.4 Å². The Balaban J connectivity index is 1.99. The van der Waals surface area contributed by atoms with Crippen molar-refractivity contribution >= 4 is 23.4 Å². The number of fused-ring (bicyclic) bond motifs is 1. The molecule has 6 heteroatoms. The average Bonchev–Trinajstić information content (AvgIpc) is 2.95. The van der Waals surface area contributed by atoms with Crippen molar-refractivity contribution in [2.45, 2.75) is 33.4 Å². The first-order valence-electron chi connectivity index (χ1n) is 7.01. The maximum Gasteiger partial charge on any atom is 0.179 e. The minimum absolute atomic E-state index is 0.170. The number of aromatic nitrogens is 4. The second-order valence-corrected chi connectivity index (χ2v) is 5.41. The fraction of sp³-hybridized carbons (Fsp3) is 0.333. The van der Waals surface area contributed by atoms with Crippen LogP contribution < -0.4 is 0 Å². The standard InChI is InChI=1S/C15H17FN4S/c1-3-20-14-13(10(2)18-20)17-15(21)19(14)9-8-11-6-4-5-7-12(11)16/h4-7H,3,8-9H2,1-2H3,(H,17,21). The van der Waals surface area contributed by atoms with E-state index in [9.17, 15) is 4.39 Å². The molecule has 0 atom stereocenters. The number of hydrogen-bond donors (Lipinski definition) is 1. The maximum absolute atomic E-state index is 13.7. The quantitative estimate of drug-likeness (QED) is 0.748. The van der Waals surface area contributed by atoms with Gasteiger partial charge in [0.25, 0.3) is 0 Å². The Labute approximate surface area is 127 Å². The highest BCUT2D eigenvalue weighted by atomic mass is 32.1. The van der Waals surface area contributed by atoms with Gasteiger partial charge < -0.3 is 9.55 Å². The molecule has 0 aliphatic heterocycles. The SMILES string of the molecule is CCn1nc(C)c2[nH]c(=S)n(CCc3ccccc3F)c21. The van der Waals surface area contributed by atoms with Gasteiger partial charge in [0.15, 0.2) is 10.4 Å². The zero-order chi connectivity index (χ0) is 15.0. The van der Waals surface area contributed by atoms with E-state index in [4.69, 9.17) is 12.2 Å². The van der Waals surface area contributed by atoms with Gasteiger partial charge in [-0.05, 0) is 44.1 Å². The second-order valence-electron chi connectivity index (χ2n) is 5.02. The van der Waals surface area contributed by atoms with Crippen molar-refractivity contribution in [2.75, 3.05) is 0 Å². The summed E-state index contributed by atoms with van der Waals surface area (Å²) < 4.78 is 18.3. The van der Waals surface area contributed by atoms with Crippen molar-refractivity contribution < 1.29 is 4.39 Å². The summed E-state index contributed by atoms with van der Waals surface area (Å²) in [4.78, 5) is 3.20. The first-order chi connectivity index (χ1) is 10.1. The molecule has 0 saturated heterocycles. The van der Waals surface area contributed by atoms with E-state index in [1.807, 2.05) is 35.2 Å². The zero-order valence-corrected chi connectivity index (χ0v) is 12.9. The van der Waals surface area contributed by atoms with Gasteiger partial charge in [-0.3, -0.25) is 0 Å². The Morgan fingerprint density at radius 3 is 2.81 bits per heavy atom. The van der Waals surface area contributed by atoms with Crippen LogP contribution in [0.4, 0.5) is 4.39 Å². The molecule has 0 aliphatic carbocycles. The van der Waals surface area contributed by atoms with Crippen LogP contribution in [0.3, 0.4) is 0 Å². The largest absolute Gasteiger partial charge is 0.328 e. The van der Waals surface area contributed by atoms with Crippen LogP contribution in [-0.4, -0.2) is 19.3 Å². The predicted octanol–water partition coefficient (Wildman–Crippen LogP) is 3.61. The van der Waals surface area contributed by atoms with Crippen LogP contribution in [0.1, 0.15) is 18.2 Å². The summed E-state index contributed by atoms with van der Waals surface area (Å²) in [5.74, 6) is -0.170. The summed E-state index contributed by atoms with van der Waals surface area (Å²) in [6.07, 6.45) is 0.599.